The second-order valence-electron chi connectivity index (χ2n) is 4.11. The maximum Gasteiger partial charge on any atom is 0.337 e. The van der Waals surface area contributed by atoms with E-state index in [4.69, 9.17) is 16.7 Å². The van der Waals surface area contributed by atoms with Gasteiger partial charge < -0.3 is 15.3 Å². The minimum Gasteiger partial charge on any atom is -0.478 e. The molecular formula is C12H11ClN2O4S. The molecule has 0 unspecified atom stereocenters. The first-order valence-electron chi connectivity index (χ1n) is 5.65. The molecule has 0 bridgehead atoms. The van der Waals surface area contributed by atoms with Crippen LogP contribution >= 0.6 is 23.4 Å². The third kappa shape index (κ3) is 3.43. The quantitative estimate of drug-likeness (QED) is 0.879. The number of carbonyl (C=O) groups excluding carboxylic acids is 2. The number of halogens is 1. The van der Waals surface area contributed by atoms with Crippen LogP contribution < -0.4 is 5.32 Å². The van der Waals surface area contributed by atoms with E-state index >= 15 is 0 Å². The second kappa shape index (κ2) is 6.15. The fourth-order valence-electron chi connectivity index (χ4n) is 1.71. The monoisotopic (exact) mass is 314 g/mol. The molecule has 0 aromatic heterocycles. The molecule has 0 spiro atoms. The molecule has 1 saturated heterocycles. The number of hydrogen-bond acceptors (Lipinski definition) is 4. The molecule has 2 rings (SSSR count). The normalized spacial score (nSPS) is 14.4. The summed E-state index contributed by atoms with van der Waals surface area (Å²) in [6.45, 7) is -0.0998. The fraction of sp³-hybridized carbons (Fsp3) is 0.250. The zero-order valence-electron chi connectivity index (χ0n) is 10.3. The van der Waals surface area contributed by atoms with E-state index in [0.29, 0.717) is 16.7 Å². The predicted octanol–water partition coefficient (Wildman–Crippen LogP) is 1.51. The average Bonchev–Trinajstić information content (AvgIpc) is 2.74. The highest BCUT2D eigenvalue weighted by Crippen LogP contribution is 2.21. The summed E-state index contributed by atoms with van der Waals surface area (Å²) in [5.74, 6) is -0.886. The molecule has 1 fully saturated rings. The highest BCUT2D eigenvalue weighted by molar-refractivity contribution is 8.00. The summed E-state index contributed by atoms with van der Waals surface area (Å²) in [5, 5.41) is 11.8. The van der Waals surface area contributed by atoms with Crippen LogP contribution in [0.3, 0.4) is 0 Å². The Bertz CT molecular complexity index is 579. The molecule has 2 N–H and O–H groups in total. The third-order valence-corrected chi connectivity index (χ3v) is 3.83. The summed E-state index contributed by atoms with van der Waals surface area (Å²) in [7, 11) is 0. The van der Waals surface area contributed by atoms with Crippen LogP contribution in [0.4, 0.5) is 5.69 Å². The van der Waals surface area contributed by atoms with Crippen LogP contribution in [0.25, 0.3) is 0 Å². The summed E-state index contributed by atoms with van der Waals surface area (Å²) < 4.78 is 0. The standard InChI is InChI=1S/C12H11ClN2O4S/c13-7-1-2-8(12(18)19)9(3-7)14-10(16)4-15-6-20-5-11(15)17/h1-3H,4-6H2,(H,14,16)(H,18,19). The molecule has 1 aliphatic rings. The van der Waals surface area contributed by atoms with Gasteiger partial charge in [-0.15, -0.1) is 11.8 Å². The lowest BCUT2D eigenvalue weighted by atomic mass is 10.2. The van der Waals surface area contributed by atoms with Crippen molar-refractivity contribution in [3.63, 3.8) is 0 Å². The van der Waals surface area contributed by atoms with Crippen molar-refractivity contribution in [2.24, 2.45) is 0 Å². The number of thioether (sulfide) groups is 1. The van der Waals surface area contributed by atoms with Crippen molar-refractivity contribution >= 4 is 46.8 Å². The average molecular weight is 315 g/mol. The Morgan fingerprint density at radius 3 is 2.80 bits per heavy atom. The molecule has 6 nitrogen and oxygen atoms in total. The summed E-state index contributed by atoms with van der Waals surface area (Å²) in [5.41, 5.74) is 0.0687. The van der Waals surface area contributed by atoms with Gasteiger partial charge in [0.25, 0.3) is 0 Å². The number of nitrogens with one attached hydrogen (secondary N) is 1. The van der Waals surface area contributed by atoms with Gasteiger partial charge in [-0.25, -0.2) is 4.79 Å². The summed E-state index contributed by atoms with van der Waals surface area (Å²) in [6.07, 6.45) is 0. The van der Waals surface area contributed by atoms with Gasteiger partial charge in [-0.3, -0.25) is 9.59 Å². The molecule has 106 valence electrons. The number of aromatic carboxylic acids is 1. The number of anilines is 1. The summed E-state index contributed by atoms with van der Waals surface area (Å²) in [4.78, 5) is 35.7. The zero-order chi connectivity index (χ0) is 14.7. The number of amides is 2. The topological polar surface area (TPSA) is 86.7 Å². The van der Waals surface area contributed by atoms with E-state index in [1.54, 1.807) is 0 Å². The second-order valence-corrected chi connectivity index (χ2v) is 5.50. The van der Waals surface area contributed by atoms with Crippen LogP contribution in [-0.4, -0.2) is 46.0 Å². The summed E-state index contributed by atoms with van der Waals surface area (Å²) in [6, 6.07) is 4.11. The first-order chi connectivity index (χ1) is 9.47. The number of benzene rings is 1. The van der Waals surface area contributed by atoms with Crippen molar-refractivity contribution in [3.05, 3.63) is 28.8 Å². The Morgan fingerprint density at radius 2 is 2.20 bits per heavy atom. The van der Waals surface area contributed by atoms with Gasteiger partial charge in [0.15, 0.2) is 0 Å². The van der Waals surface area contributed by atoms with E-state index < -0.39 is 11.9 Å². The largest absolute Gasteiger partial charge is 0.478 e. The zero-order valence-corrected chi connectivity index (χ0v) is 11.8. The Hall–Kier alpha value is -1.73. The lowest BCUT2D eigenvalue weighted by Crippen LogP contribution is -2.34. The lowest BCUT2D eigenvalue weighted by Gasteiger charge is -2.15. The maximum absolute atomic E-state index is 11.8. The van der Waals surface area contributed by atoms with Gasteiger partial charge >= 0.3 is 5.97 Å². The molecule has 0 radical (unpaired) electrons. The molecular weight excluding hydrogens is 304 g/mol. The van der Waals surface area contributed by atoms with E-state index in [9.17, 15) is 14.4 Å². The molecule has 20 heavy (non-hydrogen) atoms. The van der Waals surface area contributed by atoms with Crippen LogP contribution in [0.5, 0.6) is 0 Å². The van der Waals surface area contributed by atoms with Crippen LogP contribution in [0, 0.1) is 0 Å². The number of carboxylic acids is 1. The number of carbonyl (C=O) groups is 3. The molecule has 1 aliphatic heterocycles. The lowest BCUT2D eigenvalue weighted by molar-refractivity contribution is -0.130. The van der Waals surface area contributed by atoms with Crippen molar-refractivity contribution in [3.8, 4) is 0 Å². The molecule has 0 atom stereocenters. The van der Waals surface area contributed by atoms with E-state index in [0.717, 1.165) is 0 Å². The molecule has 8 heteroatoms. The van der Waals surface area contributed by atoms with Crippen molar-refractivity contribution in [2.45, 2.75) is 0 Å². The van der Waals surface area contributed by atoms with E-state index in [1.807, 2.05) is 0 Å². The highest BCUT2D eigenvalue weighted by atomic mass is 35.5. The molecule has 1 heterocycles. The molecule has 1 aromatic carbocycles. The number of nitrogens with zero attached hydrogens (tertiary/aromatic N) is 1. The predicted molar refractivity (Wildman–Crippen MR) is 76.1 cm³/mol. The molecule has 0 saturated carbocycles. The minimum absolute atomic E-state index is 0.0510. The number of hydrogen-bond donors (Lipinski definition) is 2. The Labute approximate surface area is 124 Å². The van der Waals surface area contributed by atoms with Crippen LogP contribution in [0.1, 0.15) is 10.4 Å². The van der Waals surface area contributed by atoms with Crippen LogP contribution in [0.15, 0.2) is 18.2 Å². The van der Waals surface area contributed by atoms with Gasteiger partial charge in [0, 0.05) is 5.02 Å². The van der Waals surface area contributed by atoms with E-state index in [-0.39, 0.29) is 23.7 Å². The first kappa shape index (κ1) is 14.7. The number of rotatable bonds is 4. The highest BCUT2D eigenvalue weighted by Gasteiger charge is 2.23. The van der Waals surface area contributed by atoms with Gasteiger partial charge in [0.1, 0.15) is 6.54 Å². The Balaban J connectivity index is 2.09. The Morgan fingerprint density at radius 1 is 1.45 bits per heavy atom. The molecule has 2 amide bonds. The smallest absolute Gasteiger partial charge is 0.337 e. The van der Waals surface area contributed by atoms with Gasteiger partial charge in [-0.1, -0.05) is 11.6 Å². The Kier molecular flexibility index (Phi) is 4.51. The van der Waals surface area contributed by atoms with Gasteiger partial charge in [-0.2, -0.15) is 0 Å². The number of carboxylic acid groups (broad SMARTS) is 1. The van der Waals surface area contributed by atoms with Gasteiger partial charge in [0.2, 0.25) is 11.8 Å². The summed E-state index contributed by atoms with van der Waals surface area (Å²) >= 11 is 7.22. The fourth-order valence-corrected chi connectivity index (χ4v) is 2.79. The van der Waals surface area contributed by atoms with Gasteiger partial charge in [-0.05, 0) is 18.2 Å². The van der Waals surface area contributed by atoms with Crippen molar-refractivity contribution in [1.82, 2.24) is 4.90 Å². The molecule has 1 aromatic rings. The van der Waals surface area contributed by atoms with E-state index in [1.165, 1.54) is 34.9 Å². The third-order valence-electron chi connectivity index (χ3n) is 2.65. The van der Waals surface area contributed by atoms with Crippen molar-refractivity contribution < 1.29 is 19.5 Å². The van der Waals surface area contributed by atoms with E-state index in [2.05, 4.69) is 5.32 Å². The molecule has 0 aliphatic carbocycles. The SMILES string of the molecule is O=C(CN1CSCC1=O)Nc1cc(Cl)ccc1C(=O)O. The maximum atomic E-state index is 11.8. The first-order valence-corrected chi connectivity index (χ1v) is 7.19. The van der Waals surface area contributed by atoms with Crippen LogP contribution in [0.2, 0.25) is 5.02 Å². The van der Waals surface area contributed by atoms with Gasteiger partial charge in [0.05, 0.1) is 22.9 Å². The van der Waals surface area contributed by atoms with Crippen molar-refractivity contribution in [2.75, 3.05) is 23.5 Å². The minimum atomic E-state index is -1.16. The van der Waals surface area contributed by atoms with Crippen LogP contribution in [-0.2, 0) is 9.59 Å². The van der Waals surface area contributed by atoms with Crippen molar-refractivity contribution in [1.29, 1.82) is 0 Å².